The van der Waals surface area contributed by atoms with Gasteiger partial charge in [0.25, 0.3) is 0 Å². The molecule has 1 saturated heterocycles. The van der Waals surface area contributed by atoms with Crippen LogP contribution in [-0.4, -0.2) is 32.1 Å². The number of sulfone groups is 1. The van der Waals surface area contributed by atoms with Crippen molar-refractivity contribution in [1.29, 1.82) is 5.26 Å². The maximum absolute atomic E-state index is 12.1. The predicted molar refractivity (Wildman–Crippen MR) is 70.9 cm³/mol. The van der Waals surface area contributed by atoms with E-state index < -0.39 is 9.84 Å². The molecule has 1 rings (SSSR count). The molecule has 0 aromatic rings. The van der Waals surface area contributed by atoms with Gasteiger partial charge < -0.3 is 4.74 Å². The summed E-state index contributed by atoms with van der Waals surface area (Å²) >= 11 is 0. The molecule has 0 saturated carbocycles. The molecule has 0 aromatic heterocycles. The van der Waals surface area contributed by atoms with Gasteiger partial charge in [0.1, 0.15) is 0 Å². The van der Waals surface area contributed by atoms with E-state index in [1.54, 1.807) is 0 Å². The Labute approximate surface area is 110 Å². The van der Waals surface area contributed by atoms with Gasteiger partial charge in [0, 0.05) is 6.61 Å². The molecule has 0 aliphatic carbocycles. The monoisotopic (exact) mass is 273 g/mol. The molecule has 1 aliphatic rings. The standard InChI is InChI=1S/C13H23NO3S/c1-11-12(6-8-17-11)18(15,16)9-5-4-7-13(2,3)10-14/h11-12H,4-9H2,1-3H3. The van der Waals surface area contributed by atoms with Crippen LogP contribution in [0.2, 0.25) is 0 Å². The minimum atomic E-state index is -3.04. The van der Waals surface area contributed by atoms with Crippen molar-refractivity contribution in [1.82, 2.24) is 0 Å². The number of nitriles is 1. The van der Waals surface area contributed by atoms with Crippen molar-refractivity contribution in [3.05, 3.63) is 0 Å². The van der Waals surface area contributed by atoms with E-state index in [9.17, 15) is 8.42 Å². The summed E-state index contributed by atoms with van der Waals surface area (Å²) in [6.07, 6.45) is 2.60. The Morgan fingerprint density at radius 3 is 2.56 bits per heavy atom. The predicted octanol–water partition coefficient (Wildman–Crippen LogP) is 2.30. The van der Waals surface area contributed by atoms with Gasteiger partial charge in [0.2, 0.25) is 0 Å². The maximum atomic E-state index is 12.1. The molecule has 2 atom stereocenters. The highest BCUT2D eigenvalue weighted by atomic mass is 32.2. The number of hydrogen-bond donors (Lipinski definition) is 0. The normalized spacial score (nSPS) is 25.0. The van der Waals surface area contributed by atoms with Crippen molar-refractivity contribution in [3.63, 3.8) is 0 Å². The van der Waals surface area contributed by atoms with Crippen LogP contribution >= 0.6 is 0 Å². The maximum Gasteiger partial charge on any atom is 0.155 e. The third-order valence-electron chi connectivity index (χ3n) is 3.55. The Morgan fingerprint density at radius 2 is 2.06 bits per heavy atom. The molecule has 4 nitrogen and oxygen atoms in total. The van der Waals surface area contributed by atoms with Gasteiger partial charge in [-0.05, 0) is 40.0 Å². The van der Waals surface area contributed by atoms with Gasteiger partial charge >= 0.3 is 0 Å². The number of rotatable bonds is 6. The summed E-state index contributed by atoms with van der Waals surface area (Å²) in [5.41, 5.74) is -0.354. The summed E-state index contributed by atoms with van der Waals surface area (Å²) in [7, 11) is -3.04. The fourth-order valence-corrected chi connectivity index (χ4v) is 4.29. The minimum Gasteiger partial charge on any atom is -0.377 e. The molecule has 1 heterocycles. The first-order valence-corrected chi connectivity index (χ1v) is 8.24. The van der Waals surface area contributed by atoms with Crippen LogP contribution in [0.1, 0.15) is 46.5 Å². The Kier molecular flexibility index (Phi) is 5.18. The lowest BCUT2D eigenvalue weighted by atomic mass is 9.89. The van der Waals surface area contributed by atoms with Crippen LogP contribution in [0.25, 0.3) is 0 Å². The first-order valence-electron chi connectivity index (χ1n) is 6.53. The van der Waals surface area contributed by atoms with E-state index in [1.165, 1.54) is 0 Å². The lowest BCUT2D eigenvalue weighted by Gasteiger charge is -2.17. The average molecular weight is 273 g/mol. The Morgan fingerprint density at radius 1 is 1.39 bits per heavy atom. The molecule has 0 N–H and O–H groups in total. The second-order valence-electron chi connectivity index (χ2n) is 5.72. The zero-order valence-corrected chi connectivity index (χ0v) is 12.3. The van der Waals surface area contributed by atoms with Gasteiger partial charge in [-0.3, -0.25) is 0 Å². The molecule has 104 valence electrons. The molecule has 1 fully saturated rings. The van der Waals surface area contributed by atoms with E-state index >= 15 is 0 Å². The molecule has 0 radical (unpaired) electrons. The molecule has 0 bridgehead atoms. The highest BCUT2D eigenvalue weighted by Crippen LogP contribution is 2.24. The van der Waals surface area contributed by atoms with Crippen LogP contribution in [0.4, 0.5) is 0 Å². The van der Waals surface area contributed by atoms with Gasteiger partial charge in [-0.15, -0.1) is 0 Å². The lowest BCUT2D eigenvalue weighted by molar-refractivity contribution is 0.126. The molecule has 5 heteroatoms. The number of nitrogens with zero attached hydrogens (tertiary/aromatic N) is 1. The molecule has 0 amide bonds. The summed E-state index contributed by atoms with van der Waals surface area (Å²) < 4.78 is 29.5. The Balaban J connectivity index is 2.37. The molecule has 1 aliphatic heterocycles. The highest BCUT2D eigenvalue weighted by Gasteiger charge is 2.35. The average Bonchev–Trinajstić information content (AvgIpc) is 2.72. The van der Waals surface area contributed by atoms with E-state index in [1.807, 2.05) is 20.8 Å². The van der Waals surface area contributed by atoms with Crippen molar-refractivity contribution in [2.75, 3.05) is 12.4 Å². The van der Waals surface area contributed by atoms with Gasteiger partial charge in [0.05, 0.1) is 28.6 Å². The van der Waals surface area contributed by atoms with E-state index in [2.05, 4.69) is 6.07 Å². The molecule has 0 aromatic carbocycles. The van der Waals surface area contributed by atoms with E-state index in [4.69, 9.17) is 10.00 Å². The van der Waals surface area contributed by atoms with E-state index in [0.717, 1.165) is 12.8 Å². The Hall–Kier alpha value is -0.600. The van der Waals surface area contributed by atoms with Gasteiger partial charge in [0.15, 0.2) is 9.84 Å². The van der Waals surface area contributed by atoms with Crippen LogP contribution < -0.4 is 0 Å². The van der Waals surface area contributed by atoms with Crippen LogP contribution in [0.15, 0.2) is 0 Å². The SMILES string of the molecule is CC1OCCC1S(=O)(=O)CCCCC(C)(C)C#N. The molecular weight excluding hydrogens is 250 g/mol. The molecule has 0 spiro atoms. The van der Waals surface area contributed by atoms with Crippen LogP contribution in [0.3, 0.4) is 0 Å². The summed E-state index contributed by atoms with van der Waals surface area (Å²) in [5.74, 6) is 0.215. The molecule has 2 unspecified atom stereocenters. The third-order valence-corrected chi connectivity index (χ3v) is 5.95. The fraction of sp³-hybridized carbons (Fsp3) is 0.923. The van der Waals surface area contributed by atoms with Gasteiger partial charge in [-0.1, -0.05) is 6.42 Å². The lowest BCUT2D eigenvalue weighted by Crippen LogP contribution is -2.30. The highest BCUT2D eigenvalue weighted by molar-refractivity contribution is 7.92. The topological polar surface area (TPSA) is 67.2 Å². The smallest absolute Gasteiger partial charge is 0.155 e. The second kappa shape index (κ2) is 6.03. The van der Waals surface area contributed by atoms with Crippen molar-refractivity contribution >= 4 is 9.84 Å². The van der Waals surface area contributed by atoms with Crippen molar-refractivity contribution < 1.29 is 13.2 Å². The van der Waals surface area contributed by atoms with Crippen molar-refractivity contribution in [2.24, 2.45) is 5.41 Å². The molecular formula is C13H23NO3S. The zero-order valence-electron chi connectivity index (χ0n) is 11.5. The number of hydrogen-bond acceptors (Lipinski definition) is 4. The minimum absolute atomic E-state index is 0.175. The van der Waals surface area contributed by atoms with Crippen LogP contribution in [0, 0.1) is 16.7 Å². The first kappa shape index (κ1) is 15.5. The summed E-state index contributed by atoms with van der Waals surface area (Å²) in [4.78, 5) is 0. The first-order chi connectivity index (χ1) is 8.28. The van der Waals surface area contributed by atoms with E-state index in [0.29, 0.717) is 19.4 Å². The Bertz CT molecular complexity index is 408. The van der Waals surface area contributed by atoms with Crippen molar-refractivity contribution in [3.8, 4) is 6.07 Å². The number of unbranched alkanes of at least 4 members (excludes halogenated alkanes) is 1. The quantitative estimate of drug-likeness (QED) is 0.696. The van der Waals surface area contributed by atoms with Crippen LogP contribution in [0.5, 0.6) is 0 Å². The fourth-order valence-electron chi connectivity index (χ4n) is 2.26. The third kappa shape index (κ3) is 4.25. The number of ether oxygens (including phenoxy) is 1. The van der Waals surface area contributed by atoms with Crippen molar-refractivity contribution in [2.45, 2.75) is 57.8 Å². The summed E-state index contributed by atoms with van der Waals surface area (Å²) in [6.45, 7) is 6.14. The van der Waals surface area contributed by atoms with Gasteiger partial charge in [-0.25, -0.2) is 8.42 Å². The van der Waals surface area contributed by atoms with Gasteiger partial charge in [-0.2, -0.15) is 5.26 Å². The molecule has 18 heavy (non-hydrogen) atoms. The summed E-state index contributed by atoms with van der Waals surface area (Å²) in [6, 6.07) is 2.23. The zero-order chi connectivity index (χ0) is 13.8. The van der Waals surface area contributed by atoms with E-state index in [-0.39, 0.29) is 22.5 Å². The summed E-state index contributed by atoms with van der Waals surface area (Å²) in [5, 5.41) is 8.54. The van der Waals surface area contributed by atoms with Crippen LogP contribution in [-0.2, 0) is 14.6 Å². The second-order valence-corrected chi connectivity index (χ2v) is 8.06. The largest absolute Gasteiger partial charge is 0.377 e.